The van der Waals surface area contributed by atoms with E-state index in [2.05, 4.69) is 25.9 Å². The van der Waals surface area contributed by atoms with Gasteiger partial charge >= 0.3 is 5.97 Å². The molecule has 0 bridgehead atoms. The fourth-order valence-corrected chi connectivity index (χ4v) is 3.20. The molecule has 12 nitrogen and oxygen atoms in total. The monoisotopic (exact) mass is 474 g/mol. The van der Waals surface area contributed by atoms with Crippen LogP contribution in [-0.4, -0.2) is 68.5 Å². The quantitative estimate of drug-likeness (QED) is 0.204. The summed E-state index contributed by atoms with van der Waals surface area (Å²) in [5.41, 5.74) is 6.55. The van der Waals surface area contributed by atoms with Crippen LogP contribution in [0.5, 0.6) is 5.75 Å². The fraction of sp³-hybridized carbons (Fsp3) is 0.409. The number of aromatic hydroxyl groups is 1. The number of amides is 3. The lowest BCUT2D eigenvalue weighted by Crippen LogP contribution is -2.57. The van der Waals surface area contributed by atoms with E-state index in [1.807, 2.05) is 0 Å². The van der Waals surface area contributed by atoms with Crippen LogP contribution in [0.3, 0.4) is 0 Å². The molecule has 1 aromatic heterocycles. The highest BCUT2D eigenvalue weighted by molar-refractivity contribution is 5.93. The molecule has 0 saturated carbocycles. The Morgan fingerprint density at radius 1 is 1.00 bits per heavy atom. The molecule has 0 radical (unpaired) electrons. The molecule has 184 valence electrons. The number of hydrogen-bond donors (Lipinski definition) is 7. The van der Waals surface area contributed by atoms with Crippen LogP contribution in [0.15, 0.2) is 36.8 Å². The number of aromatic nitrogens is 2. The van der Waals surface area contributed by atoms with Gasteiger partial charge in [-0.25, -0.2) is 9.78 Å². The minimum Gasteiger partial charge on any atom is -0.508 e. The van der Waals surface area contributed by atoms with Crippen molar-refractivity contribution in [3.8, 4) is 5.75 Å². The van der Waals surface area contributed by atoms with Gasteiger partial charge in [0.2, 0.25) is 17.7 Å². The van der Waals surface area contributed by atoms with Crippen molar-refractivity contribution in [2.75, 3.05) is 6.54 Å². The molecular formula is C22H30N6O6. The third-order valence-corrected chi connectivity index (χ3v) is 5.06. The van der Waals surface area contributed by atoms with E-state index < -0.39 is 47.7 Å². The number of benzene rings is 1. The summed E-state index contributed by atoms with van der Waals surface area (Å²) in [6, 6.07) is 2.65. The number of phenols is 1. The molecule has 0 spiro atoms. The zero-order chi connectivity index (χ0) is 25.3. The maximum Gasteiger partial charge on any atom is 0.326 e. The standard InChI is InChI=1S/C22H30N6O6/c1-12(2)19(22(33)34)28-21(32)16(7-13-3-5-15(29)6-4-13)27-20(31)17(26-18(30)9-23)8-14-10-24-11-25-14/h3-6,10-12,16-17,19,29H,7-9,23H2,1-2H3,(H,24,25)(H,26,30)(H,27,31)(H,28,32)(H,33,34). The van der Waals surface area contributed by atoms with Crippen LogP contribution < -0.4 is 21.7 Å². The molecule has 12 heteroatoms. The number of imidazole rings is 1. The zero-order valence-electron chi connectivity index (χ0n) is 18.9. The third-order valence-electron chi connectivity index (χ3n) is 5.06. The van der Waals surface area contributed by atoms with E-state index in [4.69, 9.17) is 5.73 Å². The lowest BCUT2D eigenvalue weighted by Gasteiger charge is -2.25. The number of phenolic OH excluding ortho intramolecular Hbond substituents is 1. The van der Waals surface area contributed by atoms with E-state index in [1.54, 1.807) is 26.0 Å². The van der Waals surface area contributed by atoms with E-state index in [0.717, 1.165) is 0 Å². The summed E-state index contributed by atoms with van der Waals surface area (Å²) in [4.78, 5) is 56.3. The molecule has 2 rings (SSSR count). The van der Waals surface area contributed by atoms with Crippen LogP contribution in [0.25, 0.3) is 0 Å². The van der Waals surface area contributed by atoms with Crippen molar-refractivity contribution in [2.24, 2.45) is 11.7 Å². The molecule has 0 aliphatic heterocycles. The van der Waals surface area contributed by atoms with Gasteiger partial charge in [0.1, 0.15) is 23.9 Å². The maximum atomic E-state index is 13.1. The molecule has 3 unspecified atom stereocenters. The van der Waals surface area contributed by atoms with Gasteiger partial charge in [-0.3, -0.25) is 14.4 Å². The van der Waals surface area contributed by atoms with Gasteiger partial charge in [0.25, 0.3) is 0 Å². The van der Waals surface area contributed by atoms with E-state index in [9.17, 15) is 29.4 Å². The summed E-state index contributed by atoms with van der Waals surface area (Å²) in [7, 11) is 0. The van der Waals surface area contributed by atoms with Crippen molar-refractivity contribution in [1.82, 2.24) is 25.9 Å². The molecule has 8 N–H and O–H groups in total. The lowest BCUT2D eigenvalue weighted by molar-refractivity contribution is -0.143. The molecule has 34 heavy (non-hydrogen) atoms. The average Bonchev–Trinajstić information content (AvgIpc) is 3.30. The Morgan fingerprint density at radius 2 is 1.62 bits per heavy atom. The summed E-state index contributed by atoms with van der Waals surface area (Å²) >= 11 is 0. The minimum absolute atomic E-state index is 0.0178. The second-order valence-corrected chi connectivity index (χ2v) is 8.11. The molecule has 0 fully saturated rings. The van der Waals surface area contributed by atoms with Crippen LogP contribution >= 0.6 is 0 Å². The maximum absolute atomic E-state index is 13.1. The van der Waals surface area contributed by atoms with Crippen molar-refractivity contribution < 1.29 is 29.4 Å². The van der Waals surface area contributed by atoms with Gasteiger partial charge in [0.05, 0.1) is 12.9 Å². The number of nitrogens with two attached hydrogens (primary N) is 1. The highest BCUT2D eigenvalue weighted by atomic mass is 16.4. The Kier molecular flexibility index (Phi) is 9.56. The zero-order valence-corrected chi connectivity index (χ0v) is 18.9. The number of aliphatic carboxylic acids is 1. The molecule has 0 aliphatic rings. The molecular weight excluding hydrogens is 444 g/mol. The van der Waals surface area contributed by atoms with E-state index in [0.29, 0.717) is 11.3 Å². The number of carboxylic acids is 1. The topological polar surface area (TPSA) is 200 Å². The molecule has 2 aromatic rings. The lowest BCUT2D eigenvalue weighted by atomic mass is 10.0. The molecule has 3 atom stereocenters. The molecule has 1 heterocycles. The van der Waals surface area contributed by atoms with Crippen LogP contribution in [-0.2, 0) is 32.0 Å². The highest BCUT2D eigenvalue weighted by Gasteiger charge is 2.31. The number of nitrogens with one attached hydrogen (secondary N) is 4. The van der Waals surface area contributed by atoms with E-state index >= 15 is 0 Å². The number of carbonyl (C=O) groups excluding carboxylic acids is 3. The molecule has 3 amide bonds. The second-order valence-electron chi connectivity index (χ2n) is 8.11. The fourth-order valence-electron chi connectivity index (χ4n) is 3.20. The third kappa shape index (κ3) is 7.89. The first kappa shape index (κ1) is 26.3. The largest absolute Gasteiger partial charge is 0.508 e. The second kappa shape index (κ2) is 12.3. The number of carboxylic acid groups (broad SMARTS) is 1. The van der Waals surface area contributed by atoms with Crippen molar-refractivity contribution in [3.05, 3.63) is 48.0 Å². The Bertz CT molecular complexity index is 976. The Hall–Kier alpha value is -3.93. The number of hydrogen-bond acceptors (Lipinski definition) is 7. The van der Waals surface area contributed by atoms with Gasteiger partial charge in [-0.1, -0.05) is 26.0 Å². The van der Waals surface area contributed by atoms with Gasteiger partial charge in [-0.15, -0.1) is 0 Å². The number of aromatic amines is 1. The number of nitrogens with zero attached hydrogens (tertiary/aromatic N) is 1. The molecule has 0 aliphatic carbocycles. The average molecular weight is 475 g/mol. The summed E-state index contributed by atoms with van der Waals surface area (Å²) in [6.07, 6.45) is 3.00. The van der Waals surface area contributed by atoms with Gasteiger partial charge < -0.3 is 36.9 Å². The summed E-state index contributed by atoms with van der Waals surface area (Å²) in [5, 5.41) is 26.5. The molecule has 1 aromatic carbocycles. The Balaban J connectivity index is 2.26. The highest BCUT2D eigenvalue weighted by Crippen LogP contribution is 2.12. The number of carbonyl (C=O) groups is 4. The van der Waals surface area contributed by atoms with Gasteiger partial charge in [0.15, 0.2) is 0 Å². The number of H-pyrrole nitrogens is 1. The first-order valence-corrected chi connectivity index (χ1v) is 10.7. The molecule has 0 saturated heterocycles. The summed E-state index contributed by atoms with van der Waals surface area (Å²) in [6.45, 7) is 2.96. The van der Waals surface area contributed by atoms with Gasteiger partial charge in [0, 0.05) is 24.7 Å². The van der Waals surface area contributed by atoms with Crippen LogP contribution in [0.2, 0.25) is 0 Å². The SMILES string of the molecule is CC(C)C(NC(=O)C(Cc1ccc(O)cc1)NC(=O)C(Cc1cnc[nH]1)NC(=O)CN)C(=O)O. The first-order chi connectivity index (χ1) is 16.1. The number of rotatable bonds is 12. The minimum atomic E-state index is -1.20. The van der Waals surface area contributed by atoms with Crippen LogP contribution in [0.1, 0.15) is 25.1 Å². The Labute approximate surface area is 196 Å². The predicted molar refractivity (Wildman–Crippen MR) is 121 cm³/mol. The van der Waals surface area contributed by atoms with Crippen molar-refractivity contribution in [1.29, 1.82) is 0 Å². The predicted octanol–water partition coefficient (Wildman–Crippen LogP) is -0.946. The van der Waals surface area contributed by atoms with Crippen molar-refractivity contribution >= 4 is 23.7 Å². The van der Waals surface area contributed by atoms with Gasteiger partial charge in [-0.2, -0.15) is 0 Å². The summed E-state index contributed by atoms with van der Waals surface area (Å²) < 4.78 is 0. The van der Waals surface area contributed by atoms with Crippen molar-refractivity contribution in [3.63, 3.8) is 0 Å². The van der Waals surface area contributed by atoms with E-state index in [-0.39, 0.29) is 25.1 Å². The van der Waals surface area contributed by atoms with E-state index in [1.165, 1.54) is 24.7 Å². The van der Waals surface area contributed by atoms with Crippen molar-refractivity contribution in [2.45, 2.75) is 44.8 Å². The Morgan fingerprint density at radius 3 is 2.15 bits per heavy atom. The van der Waals surface area contributed by atoms with Crippen LogP contribution in [0, 0.1) is 5.92 Å². The normalized spacial score (nSPS) is 13.5. The smallest absolute Gasteiger partial charge is 0.326 e. The van der Waals surface area contributed by atoms with Crippen LogP contribution in [0.4, 0.5) is 0 Å². The first-order valence-electron chi connectivity index (χ1n) is 10.7. The van der Waals surface area contributed by atoms with Gasteiger partial charge in [-0.05, 0) is 23.6 Å². The summed E-state index contributed by atoms with van der Waals surface area (Å²) in [5.74, 6) is -3.50.